The summed E-state index contributed by atoms with van der Waals surface area (Å²) in [6.45, 7) is 7.05. The predicted octanol–water partition coefficient (Wildman–Crippen LogP) is 4.05. The highest BCUT2D eigenvalue weighted by molar-refractivity contribution is 7.26. The molecule has 0 aliphatic carbocycles. The van der Waals surface area contributed by atoms with E-state index in [0.29, 0.717) is 0 Å². The minimum atomic E-state index is -1.66. The molecule has 20 heavy (non-hydrogen) atoms. The van der Waals surface area contributed by atoms with Crippen LogP contribution in [-0.4, -0.2) is 19.8 Å². The Morgan fingerprint density at radius 1 is 1.15 bits per heavy atom. The van der Waals surface area contributed by atoms with Gasteiger partial charge in [0.05, 0.1) is 0 Å². The zero-order valence-corrected chi connectivity index (χ0v) is 14.2. The van der Waals surface area contributed by atoms with E-state index in [1.807, 2.05) is 29.5 Å². The number of aryl methyl sites for hydroxylation is 1. The molecule has 1 unspecified atom stereocenters. The third-order valence-corrected chi connectivity index (χ3v) is 10.2. The molecule has 1 nitrogen and oxygen atoms in total. The summed E-state index contributed by atoms with van der Waals surface area (Å²) >= 11 is 1.88. The lowest BCUT2D eigenvalue weighted by atomic mass is 10.2. The van der Waals surface area contributed by atoms with Gasteiger partial charge in [-0.15, -0.1) is 0 Å². The maximum absolute atomic E-state index is 9.80. The molecule has 0 spiro atoms. The molecule has 1 heterocycles. The van der Waals surface area contributed by atoms with Crippen molar-refractivity contribution in [2.24, 2.45) is 0 Å². The Morgan fingerprint density at radius 3 is 2.40 bits per heavy atom. The standard InChI is InChI=1S/C17H22OSSi/c1-14-9-12-17(19-14)20(2,3)16(13-18)11-10-15-7-5-4-6-8-15/h4-12,16,18H,13H2,1-3H3/b11-10+. The Labute approximate surface area is 126 Å². The summed E-state index contributed by atoms with van der Waals surface area (Å²) < 4.78 is 1.46. The van der Waals surface area contributed by atoms with Gasteiger partial charge in [-0.1, -0.05) is 61.6 Å². The van der Waals surface area contributed by atoms with E-state index in [4.69, 9.17) is 0 Å². The van der Waals surface area contributed by atoms with E-state index < -0.39 is 8.07 Å². The highest BCUT2D eigenvalue weighted by Crippen LogP contribution is 2.26. The van der Waals surface area contributed by atoms with Crippen LogP contribution in [0.2, 0.25) is 18.6 Å². The monoisotopic (exact) mass is 302 g/mol. The van der Waals surface area contributed by atoms with Crippen LogP contribution in [0, 0.1) is 6.92 Å². The summed E-state index contributed by atoms with van der Waals surface area (Å²) in [5, 5.41) is 9.80. The normalized spacial score (nSPS) is 13.8. The highest BCUT2D eigenvalue weighted by Gasteiger charge is 2.32. The molecule has 3 heteroatoms. The largest absolute Gasteiger partial charge is 0.396 e. The van der Waals surface area contributed by atoms with Crippen LogP contribution < -0.4 is 4.50 Å². The maximum Gasteiger partial charge on any atom is 0.102 e. The summed E-state index contributed by atoms with van der Waals surface area (Å²) in [5.74, 6) is 0. The van der Waals surface area contributed by atoms with Crippen LogP contribution in [0.5, 0.6) is 0 Å². The first kappa shape index (κ1) is 15.2. The van der Waals surface area contributed by atoms with Gasteiger partial charge in [0.2, 0.25) is 0 Å². The van der Waals surface area contributed by atoms with Gasteiger partial charge < -0.3 is 5.11 Å². The molecular formula is C17H22OSSi. The number of hydrogen-bond acceptors (Lipinski definition) is 2. The number of aliphatic hydroxyl groups excluding tert-OH is 1. The molecule has 0 bridgehead atoms. The van der Waals surface area contributed by atoms with E-state index in [2.05, 4.69) is 56.4 Å². The first-order valence-corrected chi connectivity index (χ1v) is 10.8. The molecule has 2 aromatic rings. The van der Waals surface area contributed by atoms with Gasteiger partial charge in [0.1, 0.15) is 8.07 Å². The van der Waals surface area contributed by atoms with Gasteiger partial charge >= 0.3 is 0 Å². The molecular weight excluding hydrogens is 280 g/mol. The predicted molar refractivity (Wildman–Crippen MR) is 92.5 cm³/mol. The van der Waals surface area contributed by atoms with E-state index in [1.54, 1.807) is 0 Å². The second-order valence-electron chi connectivity index (χ2n) is 5.69. The Bertz CT molecular complexity index is 572. The molecule has 1 atom stereocenters. The molecule has 0 radical (unpaired) electrons. The summed E-state index contributed by atoms with van der Waals surface area (Å²) in [6.07, 6.45) is 4.33. The average Bonchev–Trinajstić information content (AvgIpc) is 2.88. The first-order chi connectivity index (χ1) is 9.54. The van der Waals surface area contributed by atoms with Crippen molar-refractivity contribution in [3.63, 3.8) is 0 Å². The molecule has 0 aliphatic heterocycles. The first-order valence-electron chi connectivity index (χ1n) is 6.95. The second kappa shape index (κ2) is 6.53. The Kier molecular flexibility index (Phi) is 4.97. The van der Waals surface area contributed by atoms with E-state index >= 15 is 0 Å². The van der Waals surface area contributed by atoms with Gasteiger partial charge in [0.15, 0.2) is 0 Å². The number of hydrogen-bond donors (Lipinski definition) is 1. The summed E-state index contributed by atoms with van der Waals surface area (Å²) in [4.78, 5) is 1.35. The SMILES string of the molecule is Cc1ccc([Si](C)(C)C(/C=C/c2ccccc2)CO)s1. The van der Waals surface area contributed by atoms with Crippen molar-refractivity contribution in [3.8, 4) is 0 Å². The zero-order chi connectivity index (χ0) is 14.6. The van der Waals surface area contributed by atoms with Crippen molar-refractivity contribution in [1.29, 1.82) is 0 Å². The molecule has 1 N–H and O–H groups in total. The lowest BCUT2D eigenvalue weighted by molar-refractivity contribution is 0.300. The fourth-order valence-corrected chi connectivity index (χ4v) is 6.81. The van der Waals surface area contributed by atoms with Gasteiger partial charge in [-0.3, -0.25) is 0 Å². The molecule has 0 amide bonds. The summed E-state index contributed by atoms with van der Waals surface area (Å²) in [5.41, 5.74) is 1.44. The summed E-state index contributed by atoms with van der Waals surface area (Å²) in [7, 11) is -1.66. The molecule has 1 aromatic carbocycles. The fraction of sp³-hybridized carbons (Fsp3) is 0.294. The molecule has 0 aliphatic rings. The maximum atomic E-state index is 9.80. The van der Waals surface area contributed by atoms with E-state index in [0.717, 1.165) is 0 Å². The third-order valence-electron chi connectivity index (χ3n) is 3.82. The molecule has 1 aromatic heterocycles. The van der Waals surface area contributed by atoms with Gasteiger partial charge in [0, 0.05) is 17.0 Å². The Balaban J connectivity index is 2.21. The van der Waals surface area contributed by atoms with E-state index in [1.165, 1.54) is 14.9 Å². The molecule has 0 saturated carbocycles. The van der Waals surface area contributed by atoms with Crippen LogP contribution in [0.25, 0.3) is 6.08 Å². The van der Waals surface area contributed by atoms with Crippen LogP contribution in [0.1, 0.15) is 10.4 Å². The van der Waals surface area contributed by atoms with Crippen molar-refractivity contribution < 1.29 is 5.11 Å². The van der Waals surface area contributed by atoms with E-state index in [9.17, 15) is 5.11 Å². The number of benzene rings is 1. The fourth-order valence-electron chi connectivity index (χ4n) is 2.28. The van der Waals surface area contributed by atoms with Crippen LogP contribution in [0.4, 0.5) is 0 Å². The van der Waals surface area contributed by atoms with Crippen molar-refractivity contribution in [2.45, 2.75) is 25.6 Å². The minimum Gasteiger partial charge on any atom is -0.396 e. The molecule has 0 saturated heterocycles. The lowest BCUT2D eigenvalue weighted by Crippen LogP contribution is -2.45. The molecule has 106 valence electrons. The third kappa shape index (κ3) is 3.48. The smallest absolute Gasteiger partial charge is 0.102 e. The number of aliphatic hydroxyl groups is 1. The number of thiophene rings is 1. The quantitative estimate of drug-likeness (QED) is 0.826. The Hall–Kier alpha value is -1.16. The second-order valence-corrected chi connectivity index (χ2v) is 12.1. The van der Waals surface area contributed by atoms with Gasteiger partial charge in [-0.05, 0) is 23.1 Å². The van der Waals surface area contributed by atoms with Crippen LogP contribution in [-0.2, 0) is 0 Å². The van der Waals surface area contributed by atoms with Gasteiger partial charge in [-0.25, -0.2) is 0 Å². The van der Waals surface area contributed by atoms with Crippen molar-refractivity contribution in [1.82, 2.24) is 0 Å². The molecule has 0 fully saturated rings. The van der Waals surface area contributed by atoms with Crippen molar-refractivity contribution in [2.75, 3.05) is 6.61 Å². The minimum absolute atomic E-state index is 0.222. The van der Waals surface area contributed by atoms with Crippen LogP contribution in [0.15, 0.2) is 48.5 Å². The topological polar surface area (TPSA) is 20.2 Å². The lowest BCUT2D eigenvalue weighted by Gasteiger charge is -2.28. The van der Waals surface area contributed by atoms with Crippen LogP contribution >= 0.6 is 11.3 Å². The number of rotatable bonds is 5. The van der Waals surface area contributed by atoms with Crippen molar-refractivity contribution in [3.05, 3.63) is 59.0 Å². The van der Waals surface area contributed by atoms with Gasteiger partial charge in [0.25, 0.3) is 0 Å². The zero-order valence-electron chi connectivity index (χ0n) is 12.3. The van der Waals surface area contributed by atoms with Gasteiger partial charge in [-0.2, -0.15) is 11.3 Å². The van der Waals surface area contributed by atoms with Crippen LogP contribution in [0.3, 0.4) is 0 Å². The average molecular weight is 303 g/mol. The molecule has 2 rings (SSSR count). The highest BCUT2D eigenvalue weighted by atomic mass is 32.1. The van der Waals surface area contributed by atoms with E-state index in [-0.39, 0.29) is 12.1 Å². The Morgan fingerprint density at radius 2 is 1.85 bits per heavy atom. The summed E-state index contributed by atoms with van der Waals surface area (Å²) in [6, 6.07) is 14.7. The van der Waals surface area contributed by atoms with Crippen molar-refractivity contribution >= 4 is 30.0 Å².